The van der Waals surface area contributed by atoms with Crippen molar-refractivity contribution in [3.63, 3.8) is 0 Å². The molecule has 0 bridgehead atoms. The first-order valence-corrected chi connectivity index (χ1v) is 10.3. The Morgan fingerprint density at radius 3 is 2.69 bits per heavy atom. The molecular weight excluding hydrogens is 350 g/mol. The summed E-state index contributed by atoms with van der Waals surface area (Å²) >= 11 is 1.59. The maximum absolute atomic E-state index is 12.8. The topological polar surface area (TPSA) is 79.4 Å². The van der Waals surface area contributed by atoms with Crippen molar-refractivity contribution in [3.8, 4) is 0 Å². The van der Waals surface area contributed by atoms with Crippen LogP contribution in [0.4, 0.5) is 0 Å². The lowest BCUT2D eigenvalue weighted by Crippen LogP contribution is -2.38. The minimum Gasteiger partial charge on any atom is -0.356 e. The Morgan fingerprint density at radius 1 is 1.27 bits per heavy atom. The Hall–Kier alpha value is -1.89. The van der Waals surface area contributed by atoms with Crippen molar-refractivity contribution < 1.29 is 14.4 Å². The van der Waals surface area contributed by atoms with E-state index in [4.69, 9.17) is 0 Å². The molecule has 142 valence electrons. The number of carbonyl (C=O) groups excluding carboxylic acids is 3. The van der Waals surface area contributed by atoms with Gasteiger partial charge in [0.25, 0.3) is 0 Å². The molecule has 7 heteroatoms. The predicted octanol–water partition coefficient (Wildman–Crippen LogP) is 2.15. The van der Waals surface area contributed by atoms with E-state index >= 15 is 0 Å². The van der Waals surface area contributed by atoms with Crippen LogP contribution in [0.3, 0.4) is 0 Å². The molecule has 0 aromatic carbocycles. The standard InChI is InChI=1S/C19H27N3O3S/c1-15(23)21-8-11-26-14-17(19(25)16-6-5-7-20-13-16)12-18(24)22-9-3-2-4-10-22/h5-7,13,17H,2-4,8-12,14H2,1H3,(H,21,23). The fourth-order valence-electron chi connectivity index (χ4n) is 2.98. The second-order valence-electron chi connectivity index (χ2n) is 6.51. The number of rotatable bonds is 9. The fraction of sp³-hybridized carbons (Fsp3) is 0.579. The van der Waals surface area contributed by atoms with Crippen molar-refractivity contribution in [2.75, 3.05) is 31.1 Å². The lowest BCUT2D eigenvalue weighted by molar-refractivity contribution is -0.132. The summed E-state index contributed by atoms with van der Waals surface area (Å²) in [5, 5.41) is 2.74. The van der Waals surface area contributed by atoms with E-state index in [9.17, 15) is 14.4 Å². The van der Waals surface area contributed by atoms with Crippen molar-refractivity contribution in [2.45, 2.75) is 32.6 Å². The maximum Gasteiger partial charge on any atom is 0.223 e. The van der Waals surface area contributed by atoms with Gasteiger partial charge in [-0.15, -0.1) is 0 Å². The number of ketones is 1. The Labute approximate surface area is 159 Å². The van der Waals surface area contributed by atoms with Gasteiger partial charge in [-0.05, 0) is 31.4 Å². The summed E-state index contributed by atoms with van der Waals surface area (Å²) in [6, 6.07) is 3.48. The summed E-state index contributed by atoms with van der Waals surface area (Å²) in [7, 11) is 0. The fourth-order valence-corrected chi connectivity index (χ4v) is 3.95. The van der Waals surface area contributed by atoms with Gasteiger partial charge in [0.2, 0.25) is 11.8 Å². The molecule has 2 amide bonds. The molecule has 1 unspecified atom stereocenters. The number of thioether (sulfide) groups is 1. The summed E-state index contributed by atoms with van der Waals surface area (Å²) in [4.78, 5) is 42.3. The molecule has 1 saturated heterocycles. The summed E-state index contributed by atoms with van der Waals surface area (Å²) in [5.74, 6) is 0.885. The van der Waals surface area contributed by atoms with Crippen LogP contribution in [0.15, 0.2) is 24.5 Å². The normalized spacial score (nSPS) is 15.3. The number of hydrogen-bond donors (Lipinski definition) is 1. The maximum atomic E-state index is 12.8. The lowest BCUT2D eigenvalue weighted by atomic mass is 9.96. The summed E-state index contributed by atoms with van der Waals surface area (Å²) < 4.78 is 0. The number of hydrogen-bond acceptors (Lipinski definition) is 5. The van der Waals surface area contributed by atoms with E-state index in [1.807, 2.05) is 4.90 Å². The van der Waals surface area contributed by atoms with E-state index in [2.05, 4.69) is 10.3 Å². The zero-order valence-electron chi connectivity index (χ0n) is 15.3. The highest BCUT2D eigenvalue weighted by Gasteiger charge is 2.26. The number of piperidine rings is 1. The van der Waals surface area contributed by atoms with Gasteiger partial charge >= 0.3 is 0 Å². The first kappa shape index (κ1) is 20.4. The van der Waals surface area contributed by atoms with E-state index < -0.39 is 0 Å². The van der Waals surface area contributed by atoms with Crippen molar-refractivity contribution in [1.29, 1.82) is 0 Å². The highest BCUT2D eigenvalue weighted by Crippen LogP contribution is 2.20. The number of Topliss-reactive ketones (excluding diaryl/α,β-unsaturated/α-hetero) is 1. The molecule has 1 N–H and O–H groups in total. The number of aromatic nitrogens is 1. The number of amides is 2. The molecule has 0 aliphatic carbocycles. The first-order chi connectivity index (χ1) is 12.6. The van der Waals surface area contributed by atoms with Crippen molar-refractivity contribution in [3.05, 3.63) is 30.1 Å². The minimum absolute atomic E-state index is 0.0320. The summed E-state index contributed by atoms with van der Waals surface area (Å²) in [6.45, 7) is 3.63. The van der Waals surface area contributed by atoms with Crippen LogP contribution in [0.1, 0.15) is 43.0 Å². The molecular formula is C19H27N3O3S. The third kappa shape index (κ3) is 6.78. The lowest BCUT2D eigenvalue weighted by Gasteiger charge is -2.28. The molecule has 0 saturated carbocycles. The molecule has 0 radical (unpaired) electrons. The van der Waals surface area contributed by atoms with E-state index in [0.29, 0.717) is 23.6 Å². The van der Waals surface area contributed by atoms with Gasteiger partial charge in [0.05, 0.1) is 0 Å². The second-order valence-corrected chi connectivity index (χ2v) is 7.66. The van der Waals surface area contributed by atoms with Crippen molar-refractivity contribution in [1.82, 2.24) is 15.2 Å². The average molecular weight is 378 g/mol. The van der Waals surface area contributed by atoms with Crippen LogP contribution in [-0.4, -0.2) is 58.6 Å². The van der Waals surface area contributed by atoms with Gasteiger partial charge in [0.15, 0.2) is 5.78 Å². The molecule has 1 aliphatic heterocycles. The molecule has 1 aliphatic rings. The highest BCUT2D eigenvalue weighted by molar-refractivity contribution is 7.99. The molecule has 1 aromatic rings. The van der Waals surface area contributed by atoms with Gasteiger partial charge in [-0.3, -0.25) is 19.4 Å². The number of carbonyl (C=O) groups is 3. The second kappa shape index (κ2) is 11.0. The highest BCUT2D eigenvalue weighted by atomic mass is 32.2. The van der Waals surface area contributed by atoms with E-state index in [1.54, 1.807) is 36.3 Å². The van der Waals surface area contributed by atoms with Gasteiger partial charge in [0.1, 0.15) is 0 Å². The van der Waals surface area contributed by atoms with Crippen LogP contribution in [0.25, 0.3) is 0 Å². The van der Waals surface area contributed by atoms with E-state index in [0.717, 1.165) is 25.9 Å². The van der Waals surface area contributed by atoms with E-state index in [1.165, 1.54) is 13.3 Å². The van der Waals surface area contributed by atoms with Gasteiger partial charge in [-0.25, -0.2) is 0 Å². The van der Waals surface area contributed by atoms with Crippen LogP contribution >= 0.6 is 11.8 Å². The van der Waals surface area contributed by atoms with E-state index in [-0.39, 0.29) is 29.9 Å². The third-order valence-electron chi connectivity index (χ3n) is 4.39. The number of nitrogens with one attached hydrogen (secondary N) is 1. The monoisotopic (exact) mass is 377 g/mol. The molecule has 1 fully saturated rings. The van der Waals surface area contributed by atoms with Gasteiger partial charge < -0.3 is 10.2 Å². The quantitative estimate of drug-likeness (QED) is 0.527. The molecule has 26 heavy (non-hydrogen) atoms. The molecule has 2 heterocycles. The molecule has 1 atom stereocenters. The smallest absolute Gasteiger partial charge is 0.223 e. The average Bonchev–Trinajstić information content (AvgIpc) is 2.67. The van der Waals surface area contributed by atoms with Crippen LogP contribution in [0.2, 0.25) is 0 Å². The Bertz CT molecular complexity index is 603. The van der Waals surface area contributed by atoms with Crippen LogP contribution in [0.5, 0.6) is 0 Å². The Kier molecular flexibility index (Phi) is 8.61. The first-order valence-electron chi connectivity index (χ1n) is 9.12. The number of pyridine rings is 1. The molecule has 0 spiro atoms. The Morgan fingerprint density at radius 2 is 2.04 bits per heavy atom. The van der Waals surface area contributed by atoms with Crippen LogP contribution < -0.4 is 5.32 Å². The minimum atomic E-state index is -0.365. The largest absolute Gasteiger partial charge is 0.356 e. The van der Waals surface area contributed by atoms with Gasteiger partial charge in [-0.2, -0.15) is 11.8 Å². The number of likely N-dealkylation sites (tertiary alicyclic amines) is 1. The number of nitrogens with zero attached hydrogens (tertiary/aromatic N) is 2. The van der Waals surface area contributed by atoms with Gasteiger partial charge in [0, 0.05) is 68.4 Å². The van der Waals surface area contributed by atoms with Crippen LogP contribution in [-0.2, 0) is 9.59 Å². The summed E-state index contributed by atoms with van der Waals surface area (Å²) in [5.41, 5.74) is 0.548. The molecule has 6 nitrogen and oxygen atoms in total. The zero-order valence-corrected chi connectivity index (χ0v) is 16.1. The van der Waals surface area contributed by atoms with Gasteiger partial charge in [-0.1, -0.05) is 0 Å². The van der Waals surface area contributed by atoms with Crippen LogP contribution in [0, 0.1) is 5.92 Å². The molecule has 1 aromatic heterocycles. The van der Waals surface area contributed by atoms with Crippen molar-refractivity contribution >= 4 is 29.4 Å². The Balaban J connectivity index is 1.94. The molecule has 2 rings (SSSR count). The SMILES string of the molecule is CC(=O)NCCSCC(CC(=O)N1CCCCC1)C(=O)c1cccnc1. The zero-order chi connectivity index (χ0) is 18.8. The summed E-state index contributed by atoms with van der Waals surface area (Å²) in [6.07, 6.45) is 6.67. The van der Waals surface area contributed by atoms with Crippen molar-refractivity contribution in [2.24, 2.45) is 5.92 Å². The third-order valence-corrected chi connectivity index (χ3v) is 5.52. The predicted molar refractivity (Wildman–Crippen MR) is 103 cm³/mol.